The van der Waals surface area contributed by atoms with Crippen LogP contribution in [0.25, 0.3) is 10.8 Å². The number of benzene rings is 2. The first-order chi connectivity index (χ1) is 12.7. The van der Waals surface area contributed by atoms with Crippen molar-refractivity contribution in [3.63, 3.8) is 0 Å². The highest BCUT2D eigenvalue weighted by atomic mass is 16.2. The van der Waals surface area contributed by atoms with Gasteiger partial charge in [-0.25, -0.2) is 4.68 Å². The van der Waals surface area contributed by atoms with E-state index in [2.05, 4.69) is 22.5 Å². The molecule has 1 N–H and O–H groups in total. The molecule has 0 spiro atoms. The van der Waals surface area contributed by atoms with Crippen molar-refractivity contribution >= 4 is 16.7 Å². The Morgan fingerprint density at radius 2 is 1.88 bits per heavy atom. The molecule has 1 aromatic heterocycles. The molecule has 0 radical (unpaired) electrons. The largest absolute Gasteiger partial charge is 0.358 e. The Labute approximate surface area is 151 Å². The molecule has 1 amide bonds. The van der Waals surface area contributed by atoms with Crippen LogP contribution < -0.4 is 10.9 Å². The van der Waals surface area contributed by atoms with Crippen LogP contribution in [0.15, 0.2) is 59.5 Å². The quantitative estimate of drug-likeness (QED) is 0.779. The van der Waals surface area contributed by atoms with Crippen LogP contribution in [0.3, 0.4) is 0 Å². The Balaban J connectivity index is 1.70. The third-order valence-electron chi connectivity index (χ3n) is 4.97. The number of aromatic nitrogens is 2. The zero-order valence-corrected chi connectivity index (χ0v) is 14.6. The van der Waals surface area contributed by atoms with E-state index in [9.17, 15) is 9.59 Å². The molecule has 4 rings (SSSR count). The van der Waals surface area contributed by atoms with Gasteiger partial charge in [-0.15, -0.1) is 0 Å². The molecule has 2 heterocycles. The van der Waals surface area contributed by atoms with Crippen LogP contribution in [0.1, 0.15) is 11.1 Å². The molecule has 1 aliphatic rings. The summed E-state index contributed by atoms with van der Waals surface area (Å²) in [5.41, 5.74) is 2.22. The molecule has 3 aromatic rings. The van der Waals surface area contributed by atoms with Crippen LogP contribution in [0.5, 0.6) is 0 Å². The number of hydrogen-bond acceptors (Lipinski definition) is 4. The van der Waals surface area contributed by atoms with E-state index in [-0.39, 0.29) is 24.2 Å². The molecule has 0 saturated heterocycles. The fourth-order valence-electron chi connectivity index (χ4n) is 3.55. The van der Waals surface area contributed by atoms with Gasteiger partial charge in [-0.3, -0.25) is 14.5 Å². The second-order valence-electron chi connectivity index (χ2n) is 6.53. The zero-order valence-electron chi connectivity index (χ0n) is 14.6. The van der Waals surface area contributed by atoms with Gasteiger partial charge in [0.25, 0.3) is 5.56 Å². The Kier molecular flexibility index (Phi) is 4.26. The first-order valence-electron chi connectivity index (χ1n) is 8.64. The predicted octanol–water partition coefficient (Wildman–Crippen LogP) is 1.53. The number of carbonyl (C=O) groups is 1. The number of nitrogens with one attached hydrogen (secondary N) is 1. The first kappa shape index (κ1) is 16.5. The predicted molar refractivity (Wildman–Crippen MR) is 99.5 cm³/mol. The molecular formula is C20H20N4O2. The summed E-state index contributed by atoms with van der Waals surface area (Å²) in [7, 11) is 1.64. The normalized spacial score (nSPS) is 17.0. The average molecular weight is 348 g/mol. The molecule has 0 bridgehead atoms. The lowest BCUT2D eigenvalue weighted by atomic mass is 9.94. The van der Waals surface area contributed by atoms with Crippen LogP contribution >= 0.6 is 0 Å². The Morgan fingerprint density at radius 3 is 2.69 bits per heavy atom. The molecule has 6 heteroatoms. The maximum absolute atomic E-state index is 12.8. The maximum atomic E-state index is 12.8. The van der Waals surface area contributed by atoms with Crippen molar-refractivity contribution in [2.45, 2.75) is 25.7 Å². The average Bonchev–Trinajstić information content (AvgIpc) is 2.69. The maximum Gasteiger partial charge on any atom is 0.275 e. The van der Waals surface area contributed by atoms with Crippen LogP contribution in [0.4, 0.5) is 0 Å². The van der Waals surface area contributed by atoms with E-state index in [4.69, 9.17) is 0 Å². The van der Waals surface area contributed by atoms with Crippen LogP contribution in [0.2, 0.25) is 0 Å². The lowest BCUT2D eigenvalue weighted by molar-refractivity contribution is -0.127. The summed E-state index contributed by atoms with van der Waals surface area (Å²) in [5.74, 6) is -0.0478. The summed E-state index contributed by atoms with van der Waals surface area (Å²) < 4.78 is 1.44. The van der Waals surface area contributed by atoms with Crippen molar-refractivity contribution < 1.29 is 4.79 Å². The molecule has 0 aliphatic carbocycles. The van der Waals surface area contributed by atoms with Crippen LogP contribution in [-0.2, 0) is 24.4 Å². The Morgan fingerprint density at radius 1 is 1.15 bits per heavy atom. The Hall–Kier alpha value is -2.99. The summed E-state index contributed by atoms with van der Waals surface area (Å²) >= 11 is 0. The van der Waals surface area contributed by atoms with E-state index in [0.29, 0.717) is 18.4 Å². The standard InChI is InChI=1S/C20H20N4O2/c1-21-19(25)18-10-14-6-2-3-8-16(14)12-23(18)13-24-20(26)17-9-5-4-7-15(17)11-22-24/h2-9,11,18H,10,12-13H2,1H3,(H,21,25). The fraction of sp³-hybridized carbons (Fsp3) is 0.250. The van der Waals surface area contributed by atoms with Crippen molar-refractivity contribution in [2.24, 2.45) is 0 Å². The minimum absolute atomic E-state index is 0.0478. The topological polar surface area (TPSA) is 67.2 Å². The van der Waals surface area contributed by atoms with E-state index in [1.54, 1.807) is 19.3 Å². The van der Waals surface area contributed by atoms with Crippen LogP contribution in [0, 0.1) is 0 Å². The fourth-order valence-corrected chi connectivity index (χ4v) is 3.55. The number of carbonyl (C=O) groups excluding carboxylic acids is 1. The van der Waals surface area contributed by atoms with Gasteiger partial charge in [-0.1, -0.05) is 42.5 Å². The van der Waals surface area contributed by atoms with Gasteiger partial charge >= 0.3 is 0 Å². The molecular weight excluding hydrogens is 328 g/mol. The van der Waals surface area contributed by atoms with Gasteiger partial charge in [0.05, 0.1) is 24.3 Å². The number of amides is 1. The van der Waals surface area contributed by atoms with E-state index in [0.717, 1.165) is 5.39 Å². The zero-order chi connectivity index (χ0) is 18.1. The van der Waals surface area contributed by atoms with Crippen LogP contribution in [-0.4, -0.2) is 33.7 Å². The molecule has 1 unspecified atom stereocenters. The van der Waals surface area contributed by atoms with Gasteiger partial charge < -0.3 is 5.32 Å². The number of rotatable bonds is 3. The lowest BCUT2D eigenvalue weighted by Gasteiger charge is -2.35. The van der Waals surface area contributed by atoms with E-state index in [1.165, 1.54) is 15.8 Å². The van der Waals surface area contributed by atoms with Gasteiger partial charge in [-0.2, -0.15) is 5.10 Å². The highest BCUT2D eigenvalue weighted by molar-refractivity contribution is 5.82. The van der Waals surface area contributed by atoms with Crippen molar-refractivity contribution in [1.29, 1.82) is 0 Å². The van der Waals surface area contributed by atoms with Crippen molar-refractivity contribution in [1.82, 2.24) is 20.0 Å². The van der Waals surface area contributed by atoms with Gasteiger partial charge in [0.2, 0.25) is 5.91 Å². The summed E-state index contributed by atoms with van der Waals surface area (Å²) in [6, 6.07) is 15.2. The van der Waals surface area contributed by atoms with Gasteiger partial charge in [0.1, 0.15) is 0 Å². The highest BCUT2D eigenvalue weighted by Crippen LogP contribution is 2.23. The summed E-state index contributed by atoms with van der Waals surface area (Å²) in [6.07, 6.45) is 2.32. The first-order valence-corrected chi connectivity index (χ1v) is 8.64. The smallest absolute Gasteiger partial charge is 0.275 e. The third-order valence-corrected chi connectivity index (χ3v) is 4.97. The SMILES string of the molecule is CNC(=O)C1Cc2ccccc2CN1Cn1ncc2ccccc2c1=O. The second kappa shape index (κ2) is 6.72. The van der Waals surface area contributed by atoms with E-state index >= 15 is 0 Å². The third kappa shape index (κ3) is 2.88. The lowest BCUT2D eigenvalue weighted by Crippen LogP contribution is -2.51. The minimum Gasteiger partial charge on any atom is -0.358 e. The monoisotopic (exact) mass is 348 g/mol. The summed E-state index contributed by atoms with van der Waals surface area (Å²) in [6.45, 7) is 0.880. The molecule has 6 nitrogen and oxygen atoms in total. The molecule has 26 heavy (non-hydrogen) atoms. The Bertz CT molecular complexity index is 1030. The number of fused-ring (bicyclic) bond motifs is 2. The molecule has 1 atom stereocenters. The summed E-state index contributed by atoms with van der Waals surface area (Å²) in [4.78, 5) is 27.2. The van der Waals surface area contributed by atoms with Gasteiger partial charge in [0, 0.05) is 19.0 Å². The minimum atomic E-state index is -0.324. The highest BCUT2D eigenvalue weighted by Gasteiger charge is 2.31. The van der Waals surface area contributed by atoms with Gasteiger partial charge in [0.15, 0.2) is 0 Å². The number of hydrogen-bond donors (Lipinski definition) is 1. The molecule has 0 saturated carbocycles. The van der Waals surface area contributed by atoms with Crippen molar-refractivity contribution in [3.8, 4) is 0 Å². The van der Waals surface area contributed by atoms with Crippen molar-refractivity contribution in [2.75, 3.05) is 7.05 Å². The number of likely N-dealkylation sites (N-methyl/N-ethyl adjacent to an activating group) is 1. The molecule has 132 valence electrons. The molecule has 0 fully saturated rings. The molecule has 2 aromatic carbocycles. The van der Waals surface area contributed by atoms with Crippen molar-refractivity contribution in [3.05, 3.63) is 76.2 Å². The van der Waals surface area contributed by atoms with E-state index < -0.39 is 0 Å². The second-order valence-corrected chi connectivity index (χ2v) is 6.53. The molecule has 1 aliphatic heterocycles. The van der Waals surface area contributed by atoms with Gasteiger partial charge in [-0.05, 0) is 23.6 Å². The number of nitrogens with zero attached hydrogens (tertiary/aromatic N) is 3. The summed E-state index contributed by atoms with van der Waals surface area (Å²) in [5, 5.41) is 8.50. The van der Waals surface area contributed by atoms with E-state index in [1.807, 2.05) is 35.2 Å².